The lowest BCUT2D eigenvalue weighted by Crippen LogP contribution is -2.12. The van der Waals surface area contributed by atoms with Gasteiger partial charge in [-0.15, -0.1) is 0 Å². The number of hydrogen-bond acceptors (Lipinski definition) is 3. The molecule has 124 valence electrons. The van der Waals surface area contributed by atoms with Crippen LogP contribution in [-0.4, -0.2) is 28.5 Å². The van der Waals surface area contributed by atoms with E-state index >= 15 is 0 Å². The molecule has 0 radical (unpaired) electrons. The summed E-state index contributed by atoms with van der Waals surface area (Å²) >= 11 is 0. The van der Waals surface area contributed by atoms with Gasteiger partial charge in [0.2, 0.25) is 0 Å². The normalized spacial score (nSPS) is 11.0. The van der Waals surface area contributed by atoms with E-state index in [0.717, 1.165) is 23.7 Å². The van der Waals surface area contributed by atoms with Crippen molar-refractivity contribution < 1.29 is 4.74 Å². The first-order valence-electron chi connectivity index (χ1n) is 8.08. The number of nitrogens with zero attached hydrogens (tertiary/aromatic N) is 3. The molecule has 0 aliphatic heterocycles. The van der Waals surface area contributed by atoms with E-state index in [4.69, 9.17) is 4.74 Å². The van der Waals surface area contributed by atoms with Gasteiger partial charge in [0.25, 0.3) is 0 Å². The van der Waals surface area contributed by atoms with Gasteiger partial charge in [-0.1, -0.05) is 30.3 Å². The number of hydrogen-bond donors (Lipinski definition) is 0. The molecule has 3 rings (SSSR count). The van der Waals surface area contributed by atoms with Gasteiger partial charge in [0.05, 0.1) is 12.0 Å². The lowest BCUT2D eigenvalue weighted by atomic mass is 10.2. The third-order valence-electron chi connectivity index (χ3n) is 3.94. The summed E-state index contributed by atoms with van der Waals surface area (Å²) in [6.07, 6.45) is 1.88. The van der Waals surface area contributed by atoms with Crippen LogP contribution in [0.3, 0.4) is 0 Å². The van der Waals surface area contributed by atoms with Gasteiger partial charge >= 0.3 is 0 Å². The molecule has 0 aliphatic rings. The zero-order chi connectivity index (χ0) is 16.9. The molecule has 0 bridgehead atoms. The Morgan fingerprint density at radius 2 is 1.71 bits per heavy atom. The molecule has 1 aromatic heterocycles. The van der Waals surface area contributed by atoms with Crippen molar-refractivity contribution in [2.45, 2.75) is 20.1 Å². The Balaban J connectivity index is 1.69. The zero-order valence-electron chi connectivity index (χ0n) is 14.4. The van der Waals surface area contributed by atoms with Crippen molar-refractivity contribution in [2.75, 3.05) is 14.1 Å². The predicted molar refractivity (Wildman–Crippen MR) is 96.5 cm³/mol. The van der Waals surface area contributed by atoms with E-state index in [9.17, 15) is 0 Å². The second-order valence-corrected chi connectivity index (χ2v) is 6.15. The molecule has 0 N–H and O–H groups in total. The van der Waals surface area contributed by atoms with Crippen LogP contribution in [0, 0.1) is 6.92 Å². The molecule has 4 heteroatoms. The topological polar surface area (TPSA) is 30.3 Å². The van der Waals surface area contributed by atoms with Crippen LogP contribution < -0.4 is 4.74 Å². The number of imidazole rings is 1. The van der Waals surface area contributed by atoms with E-state index in [2.05, 4.69) is 59.7 Å². The summed E-state index contributed by atoms with van der Waals surface area (Å²) in [5.41, 5.74) is 4.53. The minimum absolute atomic E-state index is 0.581. The summed E-state index contributed by atoms with van der Waals surface area (Å²) in [5, 5.41) is 0. The second kappa shape index (κ2) is 7.32. The van der Waals surface area contributed by atoms with Crippen LogP contribution in [0.5, 0.6) is 5.75 Å². The summed E-state index contributed by atoms with van der Waals surface area (Å²) in [6.45, 7) is 3.53. The van der Waals surface area contributed by atoms with Crippen molar-refractivity contribution in [3.8, 4) is 11.4 Å². The molecule has 4 nitrogen and oxygen atoms in total. The van der Waals surface area contributed by atoms with Crippen molar-refractivity contribution >= 4 is 0 Å². The van der Waals surface area contributed by atoms with Crippen LogP contribution in [0.25, 0.3) is 5.69 Å². The number of aromatic nitrogens is 2. The Hall–Kier alpha value is -2.59. The molecule has 0 aliphatic carbocycles. The largest absolute Gasteiger partial charge is 0.489 e. The third-order valence-corrected chi connectivity index (χ3v) is 3.94. The summed E-state index contributed by atoms with van der Waals surface area (Å²) < 4.78 is 7.95. The highest BCUT2D eigenvalue weighted by Gasteiger charge is 2.09. The number of ether oxygens (including phenoxy) is 1. The molecule has 0 fully saturated rings. The van der Waals surface area contributed by atoms with Gasteiger partial charge < -0.3 is 14.2 Å². The molecule has 0 saturated heterocycles. The van der Waals surface area contributed by atoms with Gasteiger partial charge in [0, 0.05) is 17.9 Å². The molecule has 0 unspecified atom stereocenters. The quantitative estimate of drug-likeness (QED) is 0.691. The van der Waals surface area contributed by atoms with E-state index < -0.39 is 0 Å². The van der Waals surface area contributed by atoms with Crippen molar-refractivity contribution in [1.82, 2.24) is 14.5 Å². The monoisotopic (exact) mass is 321 g/mol. The van der Waals surface area contributed by atoms with Gasteiger partial charge in [-0.3, -0.25) is 0 Å². The molecule has 0 saturated carbocycles. The van der Waals surface area contributed by atoms with Crippen LogP contribution >= 0.6 is 0 Å². The maximum Gasteiger partial charge on any atom is 0.119 e. The summed E-state index contributed by atoms with van der Waals surface area (Å²) in [6, 6.07) is 18.3. The zero-order valence-corrected chi connectivity index (χ0v) is 14.4. The van der Waals surface area contributed by atoms with Crippen molar-refractivity contribution in [1.29, 1.82) is 0 Å². The Bertz CT molecular complexity index is 776. The first-order chi connectivity index (χ1) is 11.6. The summed E-state index contributed by atoms with van der Waals surface area (Å²) in [4.78, 5) is 6.65. The van der Waals surface area contributed by atoms with Gasteiger partial charge in [0.15, 0.2) is 0 Å². The first-order valence-corrected chi connectivity index (χ1v) is 8.08. The fourth-order valence-electron chi connectivity index (χ4n) is 2.61. The minimum Gasteiger partial charge on any atom is -0.489 e. The molecular weight excluding hydrogens is 298 g/mol. The SMILES string of the molecule is Cc1c(CN(C)C)ncn1-c1ccc(OCc2ccccc2)cc1. The third kappa shape index (κ3) is 3.84. The van der Waals surface area contributed by atoms with Crippen molar-refractivity contribution in [3.05, 3.63) is 77.9 Å². The molecule has 0 atom stereocenters. The van der Waals surface area contributed by atoms with E-state index in [1.54, 1.807) is 0 Å². The second-order valence-electron chi connectivity index (χ2n) is 6.15. The van der Waals surface area contributed by atoms with Crippen LogP contribution in [-0.2, 0) is 13.2 Å². The summed E-state index contributed by atoms with van der Waals surface area (Å²) in [7, 11) is 4.11. The molecule has 1 heterocycles. The van der Waals surface area contributed by atoms with E-state index in [0.29, 0.717) is 6.61 Å². The fourth-order valence-corrected chi connectivity index (χ4v) is 2.61. The average molecular weight is 321 g/mol. The highest BCUT2D eigenvalue weighted by Crippen LogP contribution is 2.19. The Labute approximate surface area is 143 Å². The lowest BCUT2D eigenvalue weighted by molar-refractivity contribution is 0.306. The fraction of sp³-hybridized carbons (Fsp3) is 0.250. The molecule has 0 amide bonds. The van der Waals surface area contributed by atoms with E-state index in [1.807, 2.05) is 36.7 Å². The van der Waals surface area contributed by atoms with Crippen LogP contribution in [0.2, 0.25) is 0 Å². The Kier molecular flexibility index (Phi) is 4.96. The first kappa shape index (κ1) is 16.3. The highest BCUT2D eigenvalue weighted by molar-refractivity contribution is 5.39. The molecule has 24 heavy (non-hydrogen) atoms. The van der Waals surface area contributed by atoms with Gasteiger partial charge in [0.1, 0.15) is 12.4 Å². The van der Waals surface area contributed by atoms with Crippen molar-refractivity contribution in [2.24, 2.45) is 0 Å². The minimum atomic E-state index is 0.581. The Morgan fingerprint density at radius 3 is 2.38 bits per heavy atom. The highest BCUT2D eigenvalue weighted by atomic mass is 16.5. The number of rotatable bonds is 6. The maximum absolute atomic E-state index is 5.84. The van der Waals surface area contributed by atoms with Crippen LogP contribution in [0.15, 0.2) is 60.9 Å². The van der Waals surface area contributed by atoms with Gasteiger partial charge in [-0.25, -0.2) is 4.98 Å². The number of benzene rings is 2. The van der Waals surface area contributed by atoms with E-state index in [-0.39, 0.29) is 0 Å². The van der Waals surface area contributed by atoms with E-state index in [1.165, 1.54) is 11.3 Å². The van der Waals surface area contributed by atoms with Gasteiger partial charge in [-0.05, 0) is 50.8 Å². The molecule has 2 aromatic carbocycles. The van der Waals surface area contributed by atoms with Crippen LogP contribution in [0.1, 0.15) is 17.0 Å². The molecule has 0 spiro atoms. The molecule has 3 aromatic rings. The van der Waals surface area contributed by atoms with Crippen molar-refractivity contribution in [3.63, 3.8) is 0 Å². The summed E-state index contributed by atoms with van der Waals surface area (Å²) in [5.74, 6) is 0.869. The lowest BCUT2D eigenvalue weighted by Gasteiger charge is -2.11. The predicted octanol–water partition coefficient (Wildman–Crippen LogP) is 3.82. The standard InChI is InChI=1S/C20H23N3O/c1-16-20(13-22(2)3)21-15-23(16)18-9-11-19(12-10-18)24-14-17-7-5-4-6-8-17/h4-12,15H,13-14H2,1-3H3. The van der Waals surface area contributed by atoms with Crippen LogP contribution in [0.4, 0.5) is 0 Å². The smallest absolute Gasteiger partial charge is 0.119 e. The Morgan fingerprint density at radius 1 is 1.00 bits per heavy atom. The van der Waals surface area contributed by atoms with Gasteiger partial charge in [-0.2, -0.15) is 0 Å². The maximum atomic E-state index is 5.84. The average Bonchev–Trinajstić information content (AvgIpc) is 2.95. The molecular formula is C20H23N3O.